The topological polar surface area (TPSA) is 56.8 Å². The molecule has 1 aromatic carbocycles. The van der Waals surface area contributed by atoms with Gasteiger partial charge in [0.2, 0.25) is 0 Å². The van der Waals surface area contributed by atoms with Crippen LogP contribution in [0.4, 0.5) is 0 Å². The van der Waals surface area contributed by atoms with E-state index < -0.39 is 5.97 Å². The second kappa shape index (κ2) is 7.31. The number of methoxy groups -OCH3 is 2. The Balaban J connectivity index is 2.22. The summed E-state index contributed by atoms with van der Waals surface area (Å²) in [6.45, 7) is 3.02. The van der Waals surface area contributed by atoms with E-state index in [9.17, 15) is 4.79 Å². The van der Waals surface area contributed by atoms with E-state index in [1.165, 1.54) is 20.0 Å². The molecule has 1 heterocycles. The standard InChI is InChI=1S/C16H23NO4/c1-11(13-8-4-5-10-17-13)21-15-12(16(18)20-3)7-6-9-14(15)19-2/h6-7,9,11,13,17H,4-5,8,10H2,1-3H3. The molecule has 2 atom stereocenters. The maximum absolute atomic E-state index is 11.9. The molecule has 116 valence electrons. The molecule has 0 aromatic heterocycles. The number of carbonyl (C=O) groups is 1. The number of para-hydroxylation sites is 1. The molecule has 1 aliphatic rings. The zero-order valence-electron chi connectivity index (χ0n) is 12.8. The van der Waals surface area contributed by atoms with Gasteiger partial charge in [0, 0.05) is 6.04 Å². The van der Waals surface area contributed by atoms with E-state index in [2.05, 4.69) is 5.32 Å². The third-order valence-electron chi connectivity index (χ3n) is 3.82. The van der Waals surface area contributed by atoms with Crippen molar-refractivity contribution in [3.63, 3.8) is 0 Å². The molecule has 1 fully saturated rings. The molecule has 2 unspecified atom stereocenters. The van der Waals surface area contributed by atoms with Gasteiger partial charge in [-0.1, -0.05) is 12.5 Å². The highest BCUT2D eigenvalue weighted by Crippen LogP contribution is 2.33. The first kappa shape index (κ1) is 15.6. The fraction of sp³-hybridized carbons (Fsp3) is 0.562. The number of rotatable bonds is 5. The number of benzene rings is 1. The lowest BCUT2D eigenvalue weighted by Gasteiger charge is -2.30. The van der Waals surface area contributed by atoms with Crippen LogP contribution in [0.25, 0.3) is 0 Å². The number of nitrogens with one attached hydrogen (secondary N) is 1. The van der Waals surface area contributed by atoms with Crippen LogP contribution in [0.3, 0.4) is 0 Å². The van der Waals surface area contributed by atoms with Crippen LogP contribution in [0.1, 0.15) is 36.5 Å². The summed E-state index contributed by atoms with van der Waals surface area (Å²) in [5.41, 5.74) is 0.388. The normalized spacial score (nSPS) is 19.7. The Morgan fingerprint density at radius 1 is 1.33 bits per heavy atom. The Kier molecular flexibility index (Phi) is 5.44. The third-order valence-corrected chi connectivity index (χ3v) is 3.82. The molecule has 5 nitrogen and oxygen atoms in total. The van der Waals surface area contributed by atoms with Gasteiger partial charge in [-0.3, -0.25) is 0 Å². The highest BCUT2D eigenvalue weighted by atomic mass is 16.5. The molecule has 0 radical (unpaired) electrons. The Hall–Kier alpha value is -1.75. The first-order valence-electron chi connectivity index (χ1n) is 7.32. The SMILES string of the molecule is COC(=O)c1cccc(OC)c1OC(C)C1CCCCN1. The summed E-state index contributed by atoms with van der Waals surface area (Å²) < 4.78 is 16.2. The molecule has 2 rings (SSSR count). The summed E-state index contributed by atoms with van der Waals surface area (Å²) in [7, 11) is 2.92. The number of hydrogen-bond acceptors (Lipinski definition) is 5. The van der Waals surface area contributed by atoms with Crippen molar-refractivity contribution in [3.05, 3.63) is 23.8 Å². The van der Waals surface area contributed by atoms with Gasteiger partial charge in [0.1, 0.15) is 11.7 Å². The van der Waals surface area contributed by atoms with Crippen molar-refractivity contribution in [2.24, 2.45) is 0 Å². The van der Waals surface area contributed by atoms with Crippen molar-refractivity contribution in [1.82, 2.24) is 5.32 Å². The molecule has 5 heteroatoms. The maximum Gasteiger partial charge on any atom is 0.341 e. The van der Waals surface area contributed by atoms with Gasteiger partial charge in [-0.05, 0) is 38.4 Å². The highest BCUT2D eigenvalue weighted by Gasteiger charge is 2.25. The quantitative estimate of drug-likeness (QED) is 0.845. The van der Waals surface area contributed by atoms with Crippen molar-refractivity contribution in [1.29, 1.82) is 0 Å². The smallest absolute Gasteiger partial charge is 0.341 e. The molecule has 21 heavy (non-hydrogen) atoms. The first-order valence-corrected chi connectivity index (χ1v) is 7.32. The van der Waals surface area contributed by atoms with Crippen molar-refractivity contribution >= 4 is 5.97 Å². The van der Waals surface area contributed by atoms with Gasteiger partial charge < -0.3 is 19.5 Å². The Labute approximate surface area is 125 Å². The number of esters is 1. The fourth-order valence-corrected chi connectivity index (χ4v) is 2.62. The minimum absolute atomic E-state index is 0.0509. The van der Waals surface area contributed by atoms with Crippen molar-refractivity contribution in [2.45, 2.75) is 38.3 Å². The average Bonchev–Trinajstić information content (AvgIpc) is 2.55. The largest absolute Gasteiger partial charge is 0.493 e. The average molecular weight is 293 g/mol. The zero-order valence-corrected chi connectivity index (χ0v) is 12.8. The van der Waals surface area contributed by atoms with E-state index in [0.717, 1.165) is 13.0 Å². The summed E-state index contributed by atoms with van der Waals surface area (Å²) in [5.74, 6) is 0.569. The summed E-state index contributed by atoms with van der Waals surface area (Å²) in [4.78, 5) is 11.9. The molecule has 0 spiro atoms. The molecule has 0 bridgehead atoms. The van der Waals surface area contributed by atoms with Crippen LogP contribution in [-0.4, -0.2) is 38.9 Å². The minimum atomic E-state index is -0.423. The molecule has 1 aliphatic heterocycles. The second-order valence-electron chi connectivity index (χ2n) is 5.21. The Bertz CT molecular complexity index is 483. The molecule has 1 saturated heterocycles. The van der Waals surface area contributed by atoms with E-state index in [4.69, 9.17) is 14.2 Å². The molecule has 0 saturated carbocycles. The Morgan fingerprint density at radius 2 is 2.14 bits per heavy atom. The molecule has 0 amide bonds. The number of piperidine rings is 1. The van der Waals surface area contributed by atoms with Crippen molar-refractivity contribution in [2.75, 3.05) is 20.8 Å². The number of ether oxygens (including phenoxy) is 3. The lowest BCUT2D eigenvalue weighted by Crippen LogP contribution is -2.44. The fourth-order valence-electron chi connectivity index (χ4n) is 2.62. The van der Waals surface area contributed by atoms with Gasteiger partial charge in [0.05, 0.1) is 14.2 Å². The van der Waals surface area contributed by atoms with Gasteiger partial charge in [0.25, 0.3) is 0 Å². The predicted molar refractivity (Wildman–Crippen MR) is 80.1 cm³/mol. The zero-order chi connectivity index (χ0) is 15.2. The highest BCUT2D eigenvalue weighted by molar-refractivity contribution is 5.93. The van der Waals surface area contributed by atoms with Crippen LogP contribution in [0.5, 0.6) is 11.5 Å². The van der Waals surface area contributed by atoms with Gasteiger partial charge in [-0.25, -0.2) is 4.79 Å². The van der Waals surface area contributed by atoms with Crippen molar-refractivity contribution in [3.8, 4) is 11.5 Å². The number of hydrogen-bond donors (Lipinski definition) is 1. The minimum Gasteiger partial charge on any atom is -0.493 e. The van der Waals surface area contributed by atoms with E-state index >= 15 is 0 Å². The predicted octanol–water partition coefficient (Wildman–Crippen LogP) is 2.39. The molecule has 1 N–H and O–H groups in total. The van der Waals surface area contributed by atoms with E-state index in [0.29, 0.717) is 17.1 Å². The molecule has 0 aliphatic carbocycles. The summed E-state index contributed by atoms with van der Waals surface area (Å²) in [5, 5.41) is 3.46. The van der Waals surface area contributed by atoms with Gasteiger partial charge in [-0.2, -0.15) is 0 Å². The van der Waals surface area contributed by atoms with E-state index in [-0.39, 0.29) is 12.1 Å². The van der Waals surface area contributed by atoms with Crippen LogP contribution in [-0.2, 0) is 4.74 Å². The van der Waals surface area contributed by atoms with E-state index in [1.54, 1.807) is 25.3 Å². The summed E-state index contributed by atoms with van der Waals surface area (Å²) in [6, 6.07) is 5.50. The lowest BCUT2D eigenvalue weighted by atomic mass is 10.0. The van der Waals surface area contributed by atoms with Crippen LogP contribution in [0.2, 0.25) is 0 Å². The van der Waals surface area contributed by atoms with Crippen LogP contribution in [0, 0.1) is 0 Å². The van der Waals surface area contributed by atoms with Gasteiger partial charge in [-0.15, -0.1) is 0 Å². The second-order valence-corrected chi connectivity index (χ2v) is 5.21. The molecular formula is C16H23NO4. The summed E-state index contributed by atoms with van der Waals surface area (Å²) in [6.07, 6.45) is 3.42. The third kappa shape index (κ3) is 3.67. The molecular weight excluding hydrogens is 270 g/mol. The van der Waals surface area contributed by atoms with Gasteiger partial charge >= 0.3 is 5.97 Å². The lowest BCUT2D eigenvalue weighted by molar-refractivity contribution is 0.0589. The van der Waals surface area contributed by atoms with E-state index in [1.807, 2.05) is 6.92 Å². The Morgan fingerprint density at radius 3 is 2.76 bits per heavy atom. The number of carbonyl (C=O) groups excluding carboxylic acids is 1. The molecule has 1 aromatic rings. The van der Waals surface area contributed by atoms with Crippen LogP contribution in [0.15, 0.2) is 18.2 Å². The van der Waals surface area contributed by atoms with Crippen LogP contribution < -0.4 is 14.8 Å². The van der Waals surface area contributed by atoms with Crippen LogP contribution >= 0.6 is 0 Å². The summed E-state index contributed by atoms with van der Waals surface area (Å²) >= 11 is 0. The first-order chi connectivity index (χ1) is 10.2. The maximum atomic E-state index is 11.9. The van der Waals surface area contributed by atoms with Crippen molar-refractivity contribution < 1.29 is 19.0 Å². The monoisotopic (exact) mass is 293 g/mol. The van der Waals surface area contributed by atoms with Gasteiger partial charge in [0.15, 0.2) is 11.5 Å².